The second-order valence-corrected chi connectivity index (χ2v) is 4.88. The lowest BCUT2D eigenvalue weighted by Gasteiger charge is -2.18. The maximum absolute atomic E-state index is 11.7. The van der Waals surface area contributed by atoms with Crippen LogP contribution in [0.1, 0.15) is 39.0 Å². The number of carbonyl (C=O) groups is 2. The van der Waals surface area contributed by atoms with Gasteiger partial charge in [0.15, 0.2) is 0 Å². The fourth-order valence-corrected chi connectivity index (χ4v) is 1.70. The number of rotatable bonds is 6. The van der Waals surface area contributed by atoms with Gasteiger partial charge in [-0.2, -0.15) is 0 Å². The zero-order valence-corrected chi connectivity index (χ0v) is 11.3. The van der Waals surface area contributed by atoms with E-state index in [-0.39, 0.29) is 12.0 Å². The summed E-state index contributed by atoms with van der Waals surface area (Å²) < 4.78 is 5.15. The van der Waals surface area contributed by atoms with Crippen molar-refractivity contribution in [2.45, 2.75) is 39.3 Å². The van der Waals surface area contributed by atoms with E-state index in [0.717, 1.165) is 0 Å². The molecule has 0 aliphatic rings. The number of hydrogen-bond donors (Lipinski definition) is 3. The van der Waals surface area contributed by atoms with Crippen molar-refractivity contribution in [3.05, 3.63) is 24.2 Å². The maximum Gasteiger partial charge on any atom is 0.326 e. The SMILES string of the molecule is CC(C)C[C@H](NC(=O)NC(C)c1ccco1)C(=O)O. The predicted octanol–water partition coefficient (Wildman–Crippen LogP) is 2.14. The molecule has 6 heteroatoms. The third kappa shape index (κ3) is 5.03. The van der Waals surface area contributed by atoms with Crippen molar-refractivity contribution in [1.29, 1.82) is 0 Å². The van der Waals surface area contributed by atoms with E-state index in [9.17, 15) is 9.59 Å². The number of nitrogens with one attached hydrogen (secondary N) is 2. The fraction of sp³-hybridized carbons (Fsp3) is 0.538. The molecular formula is C13H20N2O4. The number of amides is 2. The van der Waals surface area contributed by atoms with Gasteiger partial charge in [0, 0.05) is 0 Å². The third-order valence-corrected chi connectivity index (χ3v) is 2.63. The third-order valence-electron chi connectivity index (χ3n) is 2.63. The second kappa shape index (κ2) is 6.82. The van der Waals surface area contributed by atoms with Crippen LogP contribution in [-0.2, 0) is 4.79 Å². The number of aliphatic carboxylic acids is 1. The molecule has 2 amide bonds. The molecule has 19 heavy (non-hydrogen) atoms. The molecule has 6 nitrogen and oxygen atoms in total. The molecule has 0 saturated heterocycles. The Morgan fingerprint density at radius 2 is 2.00 bits per heavy atom. The standard InChI is InChI=1S/C13H20N2O4/c1-8(2)7-10(12(16)17)15-13(18)14-9(3)11-5-4-6-19-11/h4-6,8-10H,7H2,1-3H3,(H,16,17)(H2,14,15,18)/t9?,10-/m0/s1. The van der Waals surface area contributed by atoms with E-state index in [1.807, 2.05) is 13.8 Å². The number of carboxylic acids is 1. The van der Waals surface area contributed by atoms with Crippen LogP contribution in [0.25, 0.3) is 0 Å². The highest BCUT2D eigenvalue weighted by Crippen LogP contribution is 2.12. The van der Waals surface area contributed by atoms with E-state index in [4.69, 9.17) is 9.52 Å². The van der Waals surface area contributed by atoms with Gasteiger partial charge in [0.1, 0.15) is 11.8 Å². The summed E-state index contributed by atoms with van der Waals surface area (Å²) >= 11 is 0. The lowest BCUT2D eigenvalue weighted by molar-refractivity contribution is -0.139. The molecule has 0 saturated carbocycles. The Bertz CT molecular complexity index is 414. The minimum Gasteiger partial charge on any atom is -0.480 e. The van der Waals surface area contributed by atoms with Gasteiger partial charge in [0.05, 0.1) is 12.3 Å². The van der Waals surface area contributed by atoms with Gasteiger partial charge < -0.3 is 20.2 Å². The minimum atomic E-state index is -1.03. The van der Waals surface area contributed by atoms with Gasteiger partial charge >= 0.3 is 12.0 Å². The first-order valence-corrected chi connectivity index (χ1v) is 6.23. The van der Waals surface area contributed by atoms with Gasteiger partial charge in [0.2, 0.25) is 0 Å². The fourth-order valence-electron chi connectivity index (χ4n) is 1.70. The van der Waals surface area contributed by atoms with Crippen LogP contribution in [0.3, 0.4) is 0 Å². The van der Waals surface area contributed by atoms with E-state index in [1.165, 1.54) is 6.26 Å². The van der Waals surface area contributed by atoms with Crippen LogP contribution in [0.2, 0.25) is 0 Å². The average Bonchev–Trinajstić information content (AvgIpc) is 2.80. The van der Waals surface area contributed by atoms with Gasteiger partial charge in [-0.1, -0.05) is 13.8 Å². The molecule has 0 aliphatic heterocycles. The minimum absolute atomic E-state index is 0.184. The summed E-state index contributed by atoms with van der Waals surface area (Å²) in [6.45, 7) is 5.57. The van der Waals surface area contributed by atoms with Crippen molar-refractivity contribution in [1.82, 2.24) is 10.6 Å². The molecule has 0 aromatic carbocycles. The topological polar surface area (TPSA) is 91.6 Å². The Labute approximate surface area is 112 Å². The maximum atomic E-state index is 11.7. The van der Waals surface area contributed by atoms with E-state index in [2.05, 4.69) is 10.6 Å². The van der Waals surface area contributed by atoms with Crippen LogP contribution in [-0.4, -0.2) is 23.1 Å². The molecule has 106 valence electrons. The van der Waals surface area contributed by atoms with Crippen LogP contribution in [0.4, 0.5) is 4.79 Å². The Balaban J connectivity index is 2.51. The van der Waals surface area contributed by atoms with Crippen LogP contribution in [0.15, 0.2) is 22.8 Å². The normalized spacial score (nSPS) is 13.9. The number of urea groups is 1. The molecule has 1 aromatic heterocycles. The van der Waals surface area contributed by atoms with Gasteiger partial charge in [-0.05, 0) is 31.4 Å². The van der Waals surface area contributed by atoms with Crippen LogP contribution in [0.5, 0.6) is 0 Å². The van der Waals surface area contributed by atoms with Crippen molar-refractivity contribution in [3.63, 3.8) is 0 Å². The number of hydrogen-bond acceptors (Lipinski definition) is 3. The highest BCUT2D eigenvalue weighted by atomic mass is 16.4. The zero-order chi connectivity index (χ0) is 14.4. The van der Waals surface area contributed by atoms with Crippen molar-refractivity contribution in [3.8, 4) is 0 Å². The quantitative estimate of drug-likeness (QED) is 0.737. The van der Waals surface area contributed by atoms with Crippen LogP contribution >= 0.6 is 0 Å². The summed E-state index contributed by atoms with van der Waals surface area (Å²) in [6.07, 6.45) is 1.90. The number of carboxylic acid groups (broad SMARTS) is 1. The first-order chi connectivity index (χ1) is 8.90. The molecule has 2 atom stereocenters. The van der Waals surface area contributed by atoms with Crippen molar-refractivity contribution >= 4 is 12.0 Å². The van der Waals surface area contributed by atoms with E-state index in [0.29, 0.717) is 12.2 Å². The molecular weight excluding hydrogens is 248 g/mol. The molecule has 0 fully saturated rings. The molecule has 3 N–H and O–H groups in total. The lowest BCUT2D eigenvalue weighted by atomic mass is 10.0. The molecule has 0 radical (unpaired) electrons. The first kappa shape index (κ1) is 15.1. The summed E-state index contributed by atoms with van der Waals surface area (Å²) in [5, 5.41) is 14.1. The monoisotopic (exact) mass is 268 g/mol. The van der Waals surface area contributed by atoms with Crippen LogP contribution < -0.4 is 10.6 Å². The molecule has 1 heterocycles. The number of carbonyl (C=O) groups excluding carboxylic acids is 1. The lowest BCUT2D eigenvalue weighted by Crippen LogP contribution is -2.47. The Kier molecular flexibility index (Phi) is 5.41. The molecule has 1 rings (SSSR count). The molecule has 0 bridgehead atoms. The second-order valence-electron chi connectivity index (χ2n) is 4.88. The molecule has 0 aliphatic carbocycles. The predicted molar refractivity (Wildman–Crippen MR) is 69.7 cm³/mol. The Morgan fingerprint density at radius 3 is 2.47 bits per heavy atom. The highest BCUT2D eigenvalue weighted by Gasteiger charge is 2.22. The van der Waals surface area contributed by atoms with Crippen LogP contribution in [0, 0.1) is 5.92 Å². The van der Waals surface area contributed by atoms with Gasteiger partial charge in [-0.25, -0.2) is 9.59 Å². The summed E-state index contributed by atoms with van der Waals surface area (Å²) in [4.78, 5) is 22.7. The molecule has 0 spiro atoms. The van der Waals surface area contributed by atoms with Crippen molar-refractivity contribution in [2.75, 3.05) is 0 Å². The molecule has 1 aromatic rings. The van der Waals surface area contributed by atoms with Crippen molar-refractivity contribution in [2.24, 2.45) is 5.92 Å². The van der Waals surface area contributed by atoms with Gasteiger partial charge in [0.25, 0.3) is 0 Å². The average molecular weight is 268 g/mol. The van der Waals surface area contributed by atoms with Crippen molar-refractivity contribution < 1.29 is 19.1 Å². The number of furan rings is 1. The van der Waals surface area contributed by atoms with E-state index in [1.54, 1.807) is 19.1 Å². The summed E-state index contributed by atoms with van der Waals surface area (Å²) in [7, 11) is 0. The summed E-state index contributed by atoms with van der Waals surface area (Å²) in [5.41, 5.74) is 0. The largest absolute Gasteiger partial charge is 0.480 e. The summed E-state index contributed by atoms with van der Waals surface area (Å²) in [6, 6.07) is 1.75. The highest BCUT2D eigenvalue weighted by molar-refractivity contribution is 5.82. The van der Waals surface area contributed by atoms with E-state index >= 15 is 0 Å². The van der Waals surface area contributed by atoms with Gasteiger partial charge in [-0.3, -0.25) is 0 Å². The van der Waals surface area contributed by atoms with Gasteiger partial charge in [-0.15, -0.1) is 0 Å². The Hall–Kier alpha value is -1.98. The Morgan fingerprint density at radius 1 is 1.32 bits per heavy atom. The van der Waals surface area contributed by atoms with E-state index < -0.39 is 18.0 Å². The zero-order valence-electron chi connectivity index (χ0n) is 11.3. The smallest absolute Gasteiger partial charge is 0.326 e. The summed E-state index contributed by atoms with van der Waals surface area (Å²) in [5.74, 6) is -0.232. The molecule has 1 unspecified atom stereocenters. The first-order valence-electron chi connectivity index (χ1n) is 6.23.